The highest BCUT2D eigenvalue weighted by Gasteiger charge is 2.21. The summed E-state index contributed by atoms with van der Waals surface area (Å²) in [5.41, 5.74) is 2.80. The maximum Gasteiger partial charge on any atom is 0.326 e. The van der Waals surface area contributed by atoms with Crippen LogP contribution in [0.25, 0.3) is 0 Å². The van der Waals surface area contributed by atoms with Gasteiger partial charge >= 0.3 is 11.7 Å². The van der Waals surface area contributed by atoms with Gasteiger partial charge in [0.15, 0.2) is 0 Å². The molecule has 0 spiro atoms. The Hall–Kier alpha value is -2.91. The number of carbonyl (C=O) groups excluding carboxylic acids is 2. The van der Waals surface area contributed by atoms with Crippen molar-refractivity contribution in [3.63, 3.8) is 0 Å². The van der Waals surface area contributed by atoms with E-state index in [-0.39, 0.29) is 18.5 Å². The van der Waals surface area contributed by atoms with E-state index in [1.54, 1.807) is 0 Å². The number of carboxylic acid groups (broad SMARTS) is 1. The minimum atomic E-state index is -1.37. The molecule has 1 atom stereocenters. The number of carbonyl (C=O) groups is 3. The summed E-state index contributed by atoms with van der Waals surface area (Å²) in [6, 6.07) is -0.554. The van der Waals surface area contributed by atoms with Gasteiger partial charge in [0, 0.05) is 12.5 Å². The molecule has 0 radical (unpaired) electrons. The van der Waals surface area contributed by atoms with Crippen LogP contribution < -0.4 is 22.3 Å². The predicted octanol–water partition coefficient (Wildman–Crippen LogP) is -2.49. The number of hydrogen-bond acceptors (Lipinski definition) is 5. The fourth-order valence-corrected chi connectivity index (χ4v) is 1.37. The summed E-state index contributed by atoms with van der Waals surface area (Å²) >= 11 is 0. The number of rotatable bonds is 6. The second-order valence-corrected chi connectivity index (χ2v) is 3.87. The van der Waals surface area contributed by atoms with Crippen molar-refractivity contribution >= 4 is 17.8 Å². The van der Waals surface area contributed by atoms with Crippen LogP contribution in [-0.4, -0.2) is 38.9 Å². The lowest BCUT2D eigenvalue weighted by Crippen LogP contribution is -2.42. The topological polar surface area (TPSA) is 175 Å². The summed E-state index contributed by atoms with van der Waals surface area (Å²) in [5.74, 6) is -3.04. The van der Waals surface area contributed by atoms with Crippen molar-refractivity contribution in [3.8, 4) is 0 Å². The van der Waals surface area contributed by atoms with Crippen LogP contribution in [0.15, 0.2) is 15.7 Å². The lowest BCUT2D eigenvalue weighted by atomic mass is 10.1. The molecular formula is C10H12N4O6. The van der Waals surface area contributed by atoms with Crippen LogP contribution in [0.3, 0.4) is 0 Å². The fraction of sp³-hybridized carbons (Fsp3) is 0.300. The van der Waals surface area contributed by atoms with Crippen molar-refractivity contribution in [2.75, 3.05) is 0 Å². The minimum Gasteiger partial charge on any atom is -0.480 e. The molecule has 0 fully saturated rings. The molecule has 20 heavy (non-hydrogen) atoms. The number of aromatic nitrogens is 2. The van der Waals surface area contributed by atoms with Gasteiger partial charge in [-0.1, -0.05) is 0 Å². The molecule has 10 nitrogen and oxygen atoms in total. The molecule has 0 aliphatic carbocycles. The highest BCUT2D eigenvalue weighted by Crippen LogP contribution is 1.99. The minimum absolute atomic E-state index is 0.205. The third-order valence-corrected chi connectivity index (χ3v) is 2.29. The highest BCUT2D eigenvalue weighted by atomic mass is 16.4. The highest BCUT2D eigenvalue weighted by molar-refractivity contribution is 5.94. The van der Waals surface area contributed by atoms with Crippen molar-refractivity contribution in [3.05, 3.63) is 32.6 Å². The smallest absolute Gasteiger partial charge is 0.326 e. The molecule has 1 rings (SSSR count). The number of nitrogens with two attached hydrogens (primary N) is 1. The number of H-pyrrole nitrogens is 2. The maximum absolute atomic E-state index is 11.7. The molecule has 1 aromatic rings. The first-order valence-electron chi connectivity index (χ1n) is 5.45. The van der Waals surface area contributed by atoms with E-state index >= 15 is 0 Å². The Morgan fingerprint density at radius 3 is 2.45 bits per heavy atom. The largest absolute Gasteiger partial charge is 0.480 e. The molecule has 1 heterocycles. The number of primary amides is 1. The number of aromatic amines is 2. The third-order valence-electron chi connectivity index (χ3n) is 2.29. The van der Waals surface area contributed by atoms with Gasteiger partial charge in [0.1, 0.15) is 11.7 Å². The second kappa shape index (κ2) is 6.31. The fourth-order valence-electron chi connectivity index (χ4n) is 1.37. The molecule has 1 aromatic heterocycles. The Kier molecular flexibility index (Phi) is 4.78. The van der Waals surface area contributed by atoms with E-state index < -0.39 is 35.1 Å². The lowest BCUT2D eigenvalue weighted by molar-refractivity contribution is -0.139. The van der Waals surface area contributed by atoms with Crippen LogP contribution >= 0.6 is 0 Å². The van der Waals surface area contributed by atoms with Crippen LogP contribution in [0, 0.1) is 0 Å². The van der Waals surface area contributed by atoms with Gasteiger partial charge in [0.25, 0.3) is 11.5 Å². The number of amides is 2. The average Bonchev–Trinajstić information content (AvgIpc) is 2.32. The molecule has 0 saturated carbocycles. The van der Waals surface area contributed by atoms with Crippen molar-refractivity contribution in [1.82, 2.24) is 15.3 Å². The van der Waals surface area contributed by atoms with E-state index in [1.165, 1.54) is 0 Å². The van der Waals surface area contributed by atoms with Gasteiger partial charge in [-0.3, -0.25) is 19.4 Å². The molecule has 108 valence electrons. The monoisotopic (exact) mass is 284 g/mol. The Balaban J connectivity index is 2.85. The summed E-state index contributed by atoms with van der Waals surface area (Å²) in [5, 5.41) is 11.0. The van der Waals surface area contributed by atoms with E-state index in [2.05, 4.69) is 5.32 Å². The Morgan fingerprint density at radius 2 is 1.95 bits per heavy atom. The molecule has 0 bridgehead atoms. The zero-order valence-corrected chi connectivity index (χ0v) is 10.1. The molecule has 6 N–H and O–H groups in total. The van der Waals surface area contributed by atoms with Gasteiger partial charge in [-0.15, -0.1) is 0 Å². The van der Waals surface area contributed by atoms with Crippen molar-refractivity contribution in [2.24, 2.45) is 5.73 Å². The van der Waals surface area contributed by atoms with E-state index in [9.17, 15) is 24.0 Å². The Labute approximate surface area is 111 Å². The van der Waals surface area contributed by atoms with Gasteiger partial charge in [0.2, 0.25) is 5.91 Å². The third kappa shape index (κ3) is 4.40. The molecule has 10 heteroatoms. The standard InChI is InChI=1S/C10H12N4O6/c11-6(15)2-1-4(9(18)19)12-8(17)5-3-7(16)14-10(20)13-5/h3-4H,1-2H2,(H2,11,15)(H,12,17)(H,18,19)(H2,13,14,16,20)/t4-/m0/s1. The maximum atomic E-state index is 11.7. The average molecular weight is 284 g/mol. The van der Waals surface area contributed by atoms with Gasteiger partial charge < -0.3 is 21.1 Å². The van der Waals surface area contributed by atoms with Crippen LogP contribution in [0.4, 0.5) is 0 Å². The molecule has 0 unspecified atom stereocenters. The van der Waals surface area contributed by atoms with Crippen molar-refractivity contribution < 1.29 is 19.5 Å². The van der Waals surface area contributed by atoms with Gasteiger partial charge in [-0.05, 0) is 6.42 Å². The van der Waals surface area contributed by atoms with E-state index in [1.807, 2.05) is 9.97 Å². The van der Waals surface area contributed by atoms with Crippen LogP contribution in [0.5, 0.6) is 0 Å². The zero-order valence-electron chi connectivity index (χ0n) is 10.1. The van der Waals surface area contributed by atoms with Crippen LogP contribution in [0.1, 0.15) is 23.3 Å². The van der Waals surface area contributed by atoms with E-state index in [0.717, 1.165) is 6.07 Å². The first kappa shape index (κ1) is 15.1. The molecule has 0 aromatic carbocycles. The SMILES string of the molecule is NC(=O)CC[C@H](NC(=O)c1cc(=O)[nH]c(=O)[nH]1)C(=O)O. The Morgan fingerprint density at radius 1 is 1.30 bits per heavy atom. The second-order valence-electron chi connectivity index (χ2n) is 3.87. The molecule has 0 saturated heterocycles. The summed E-state index contributed by atoms with van der Waals surface area (Å²) in [6.45, 7) is 0. The zero-order chi connectivity index (χ0) is 15.3. The van der Waals surface area contributed by atoms with Crippen LogP contribution in [0.2, 0.25) is 0 Å². The first-order chi connectivity index (χ1) is 9.29. The first-order valence-corrected chi connectivity index (χ1v) is 5.45. The molecule has 0 aliphatic heterocycles. The van der Waals surface area contributed by atoms with Gasteiger partial charge in [-0.2, -0.15) is 0 Å². The van der Waals surface area contributed by atoms with Gasteiger partial charge in [0.05, 0.1) is 0 Å². The number of nitrogens with one attached hydrogen (secondary N) is 3. The van der Waals surface area contributed by atoms with Gasteiger partial charge in [-0.25, -0.2) is 9.59 Å². The van der Waals surface area contributed by atoms with Crippen molar-refractivity contribution in [2.45, 2.75) is 18.9 Å². The summed E-state index contributed by atoms with van der Waals surface area (Å²) in [6.07, 6.45) is -0.438. The predicted molar refractivity (Wildman–Crippen MR) is 65.0 cm³/mol. The van der Waals surface area contributed by atoms with Crippen molar-refractivity contribution in [1.29, 1.82) is 0 Å². The quantitative estimate of drug-likeness (QED) is 0.386. The lowest BCUT2D eigenvalue weighted by Gasteiger charge is -2.13. The summed E-state index contributed by atoms with van der Waals surface area (Å²) < 4.78 is 0. The molecule has 0 aliphatic rings. The molecule has 2 amide bonds. The summed E-state index contributed by atoms with van der Waals surface area (Å²) in [4.78, 5) is 59.1. The number of hydrogen-bond donors (Lipinski definition) is 5. The number of aliphatic carboxylic acids is 1. The normalized spacial score (nSPS) is 11.6. The number of carboxylic acids is 1. The Bertz CT molecular complexity index is 617. The van der Waals surface area contributed by atoms with E-state index in [4.69, 9.17) is 10.8 Å². The van der Waals surface area contributed by atoms with E-state index in [0.29, 0.717) is 0 Å². The summed E-state index contributed by atoms with van der Waals surface area (Å²) in [7, 11) is 0. The van der Waals surface area contributed by atoms with Crippen LogP contribution in [-0.2, 0) is 9.59 Å². The molecular weight excluding hydrogens is 272 g/mol.